The minimum Gasteiger partial charge on any atom is -0.484 e. The first-order valence-corrected chi connectivity index (χ1v) is 9.16. The van der Waals surface area contributed by atoms with Crippen LogP contribution in [-0.4, -0.2) is 40.1 Å². The molecule has 11 heteroatoms. The predicted octanol–water partition coefficient (Wildman–Crippen LogP) is 3.04. The lowest BCUT2D eigenvalue weighted by molar-refractivity contribution is -0.153. The van der Waals surface area contributed by atoms with Gasteiger partial charge in [0.1, 0.15) is 11.6 Å². The topological polar surface area (TPSA) is 76.4 Å². The maximum Gasteiger partial charge on any atom is 0.422 e. The first-order valence-electron chi connectivity index (χ1n) is 9.16. The summed E-state index contributed by atoms with van der Waals surface area (Å²) in [7, 11) is 0. The lowest BCUT2D eigenvalue weighted by Crippen LogP contribution is -2.37. The second-order valence-electron chi connectivity index (χ2n) is 6.38. The van der Waals surface area contributed by atoms with Crippen molar-refractivity contribution < 1.29 is 17.9 Å². The molecule has 0 radical (unpaired) electrons. The van der Waals surface area contributed by atoms with Crippen molar-refractivity contribution >= 4 is 29.9 Å². The number of fused-ring (bicyclic) bond motifs is 1. The van der Waals surface area contributed by atoms with Gasteiger partial charge in [0.2, 0.25) is 0 Å². The molecule has 2 aromatic rings. The molecule has 7 nitrogen and oxygen atoms in total. The molecular formula is C18H24F3IN6O. The molecule has 0 amide bonds. The molecule has 1 aromatic heterocycles. The van der Waals surface area contributed by atoms with E-state index in [0.29, 0.717) is 25.6 Å². The SMILES string of the molecule is CCNC(=NCc1ccc(OCC(F)(F)F)cc1)NCc1nnc2n1CCC2.I. The molecule has 0 saturated heterocycles. The first kappa shape index (κ1) is 23.2. The van der Waals surface area contributed by atoms with Crippen LogP contribution in [0.2, 0.25) is 0 Å². The Morgan fingerprint density at radius 3 is 2.66 bits per heavy atom. The van der Waals surface area contributed by atoms with Gasteiger partial charge in [-0.05, 0) is 31.0 Å². The summed E-state index contributed by atoms with van der Waals surface area (Å²) in [5.41, 5.74) is 0.861. The molecule has 0 bridgehead atoms. The number of hydrogen-bond acceptors (Lipinski definition) is 4. The van der Waals surface area contributed by atoms with Crippen LogP contribution in [0.3, 0.4) is 0 Å². The normalized spacial score (nSPS) is 13.6. The van der Waals surface area contributed by atoms with Crippen LogP contribution in [0.25, 0.3) is 0 Å². The van der Waals surface area contributed by atoms with E-state index in [4.69, 9.17) is 4.74 Å². The second kappa shape index (κ2) is 10.6. The highest BCUT2D eigenvalue weighted by Gasteiger charge is 2.28. The van der Waals surface area contributed by atoms with Crippen LogP contribution in [0.15, 0.2) is 29.3 Å². The smallest absolute Gasteiger partial charge is 0.422 e. The quantitative estimate of drug-likeness (QED) is 0.331. The van der Waals surface area contributed by atoms with Crippen molar-refractivity contribution in [3.63, 3.8) is 0 Å². The number of nitrogens with one attached hydrogen (secondary N) is 2. The Hall–Kier alpha value is -2.05. The predicted molar refractivity (Wildman–Crippen MR) is 113 cm³/mol. The highest BCUT2D eigenvalue weighted by molar-refractivity contribution is 14.0. The number of aromatic nitrogens is 3. The zero-order valence-electron chi connectivity index (χ0n) is 16.0. The Morgan fingerprint density at radius 1 is 1.21 bits per heavy atom. The van der Waals surface area contributed by atoms with Crippen LogP contribution in [0.4, 0.5) is 13.2 Å². The number of aryl methyl sites for hydroxylation is 1. The number of benzene rings is 1. The standard InChI is InChI=1S/C18H23F3N6O.HI/c1-2-22-17(24-11-16-26-25-15-4-3-9-27(15)16)23-10-13-5-7-14(8-6-13)28-12-18(19,20)21;/h5-8H,2-4,9-12H2,1H3,(H2,22,23,24);1H. The number of alkyl halides is 3. The molecule has 3 rings (SSSR count). The lowest BCUT2D eigenvalue weighted by Gasteiger charge is -2.12. The molecule has 1 aromatic carbocycles. The van der Waals surface area contributed by atoms with Crippen molar-refractivity contribution in [3.8, 4) is 5.75 Å². The molecule has 0 atom stereocenters. The number of nitrogens with zero attached hydrogens (tertiary/aromatic N) is 4. The van der Waals surface area contributed by atoms with E-state index < -0.39 is 12.8 Å². The zero-order chi connectivity index (χ0) is 20.0. The van der Waals surface area contributed by atoms with Crippen molar-refractivity contribution in [2.75, 3.05) is 13.2 Å². The molecule has 0 aliphatic carbocycles. The fraction of sp³-hybridized carbons (Fsp3) is 0.500. The van der Waals surface area contributed by atoms with Crippen LogP contribution in [0.5, 0.6) is 5.75 Å². The summed E-state index contributed by atoms with van der Waals surface area (Å²) >= 11 is 0. The Bertz CT molecular complexity index is 807. The van der Waals surface area contributed by atoms with Gasteiger partial charge in [-0.15, -0.1) is 34.2 Å². The van der Waals surface area contributed by atoms with Crippen LogP contribution < -0.4 is 15.4 Å². The zero-order valence-corrected chi connectivity index (χ0v) is 18.3. The summed E-state index contributed by atoms with van der Waals surface area (Å²) in [5, 5.41) is 14.8. The minimum absolute atomic E-state index is 0. The largest absolute Gasteiger partial charge is 0.484 e. The molecule has 0 unspecified atom stereocenters. The van der Waals surface area contributed by atoms with E-state index in [1.165, 1.54) is 12.1 Å². The fourth-order valence-corrected chi connectivity index (χ4v) is 2.87. The summed E-state index contributed by atoms with van der Waals surface area (Å²) in [4.78, 5) is 4.51. The summed E-state index contributed by atoms with van der Waals surface area (Å²) in [6.07, 6.45) is -2.29. The van der Waals surface area contributed by atoms with Crippen LogP contribution >= 0.6 is 24.0 Å². The molecule has 0 saturated carbocycles. The lowest BCUT2D eigenvalue weighted by atomic mass is 10.2. The van der Waals surface area contributed by atoms with Gasteiger partial charge >= 0.3 is 6.18 Å². The summed E-state index contributed by atoms with van der Waals surface area (Å²) in [5.74, 6) is 2.71. The molecule has 29 heavy (non-hydrogen) atoms. The van der Waals surface area contributed by atoms with E-state index in [0.717, 1.165) is 36.6 Å². The molecule has 0 fully saturated rings. The third-order valence-electron chi connectivity index (χ3n) is 4.19. The highest BCUT2D eigenvalue weighted by atomic mass is 127. The number of guanidine groups is 1. The van der Waals surface area contributed by atoms with E-state index in [-0.39, 0.29) is 29.7 Å². The van der Waals surface area contributed by atoms with Gasteiger partial charge < -0.3 is 19.9 Å². The van der Waals surface area contributed by atoms with Crippen molar-refractivity contribution in [2.24, 2.45) is 4.99 Å². The molecule has 1 aliphatic rings. The van der Waals surface area contributed by atoms with Gasteiger partial charge in [-0.1, -0.05) is 12.1 Å². The Morgan fingerprint density at radius 2 is 1.97 bits per heavy atom. The third-order valence-corrected chi connectivity index (χ3v) is 4.19. The molecule has 0 spiro atoms. The number of aliphatic imine (C=N–C) groups is 1. The minimum atomic E-state index is -4.35. The van der Waals surface area contributed by atoms with Gasteiger partial charge in [-0.3, -0.25) is 0 Å². The Labute approximate surface area is 184 Å². The molecule has 2 N–H and O–H groups in total. The highest BCUT2D eigenvalue weighted by Crippen LogP contribution is 2.19. The molecule has 160 valence electrons. The second-order valence-corrected chi connectivity index (χ2v) is 6.38. The van der Waals surface area contributed by atoms with E-state index in [1.54, 1.807) is 12.1 Å². The number of hydrogen-bond donors (Lipinski definition) is 2. The number of ether oxygens (including phenoxy) is 1. The van der Waals surface area contributed by atoms with E-state index in [9.17, 15) is 13.2 Å². The van der Waals surface area contributed by atoms with Crippen LogP contribution in [0, 0.1) is 0 Å². The third kappa shape index (κ3) is 7.05. The van der Waals surface area contributed by atoms with Gasteiger partial charge in [-0.25, -0.2) is 4.99 Å². The van der Waals surface area contributed by atoms with Gasteiger partial charge in [0, 0.05) is 19.5 Å². The van der Waals surface area contributed by atoms with Gasteiger partial charge in [0.15, 0.2) is 18.4 Å². The Balaban J connectivity index is 0.00000300. The van der Waals surface area contributed by atoms with Crippen molar-refractivity contribution in [2.45, 2.75) is 45.6 Å². The van der Waals surface area contributed by atoms with Crippen molar-refractivity contribution in [1.29, 1.82) is 0 Å². The van der Waals surface area contributed by atoms with Crippen LogP contribution in [-0.2, 0) is 26.1 Å². The molecule has 1 aliphatic heterocycles. The van der Waals surface area contributed by atoms with E-state index in [2.05, 4.69) is 30.4 Å². The van der Waals surface area contributed by atoms with Gasteiger partial charge in [-0.2, -0.15) is 13.2 Å². The first-order chi connectivity index (χ1) is 13.4. The van der Waals surface area contributed by atoms with Gasteiger partial charge in [0.05, 0.1) is 13.1 Å². The molecular weight excluding hydrogens is 500 g/mol. The van der Waals surface area contributed by atoms with Crippen LogP contribution in [0.1, 0.15) is 30.6 Å². The molecule has 2 heterocycles. The van der Waals surface area contributed by atoms with Gasteiger partial charge in [0.25, 0.3) is 0 Å². The average Bonchev–Trinajstić information content (AvgIpc) is 3.27. The number of halogens is 4. The van der Waals surface area contributed by atoms with Crippen molar-refractivity contribution in [1.82, 2.24) is 25.4 Å². The average molecular weight is 524 g/mol. The fourth-order valence-electron chi connectivity index (χ4n) is 2.87. The van der Waals surface area contributed by atoms with E-state index >= 15 is 0 Å². The number of rotatable bonds is 7. The maximum atomic E-state index is 12.2. The summed E-state index contributed by atoms with van der Waals surface area (Å²) in [6.45, 7) is 3.21. The Kier molecular flexibility index (Phi) is 8.53. The summed E-state index contributed by atoms with van der Waals surface area (Å²) < 4.78 is 43.4. The van der Waals surface area contributed by atoms with E-state index in [1.807, 2.05) is 6.92 Å². The monoisotopic (exact) mass is 524 g/mol. The summed E-state index contributed by atoms with van der Waals surface area (Å²) in [6, 6.07) is 6.42. The maximum absolute atomic E-state index is 12.2. The van der Waals surface area contributed by atoms with Crippen molar-refractivity contribution in [3.05, 3.63) is 41.5 Å².